The van der Waals surface area contributed by atoms with Crippen molar-refractivity contribution in [2.24, 2.45) is 0 Å². The van der Waals surface area contributed by atoms with Crippen molar-refractivity contribution in [3.8, 4) is 0 Å². The predicted octanol–water partition coefficient (Wildman–Crippen LogP) is 4.77. The van der Waals surface area contributed by atoms with Crippen molar-refractivity contribution in [1.82, 2.24) is 9.97 Å². The van der Waals surface area contributed by atoms with Gasteiger partial charge in [-0.25, -0.2) is 14.4 Å². The largest absolute Gasteiger partial charge is 0.356 e. The van der Waals surface area contributed by atoms with E-state index in [1.807, 2.05) is 6.92 Å². The van der Waals surface area contributed by atoms with Gasteiger partial charge in [0.1, 0.15) is 22.8 Å². The van der Waals surface area contributed by atoms with E-state index in [9.17, 15) is 9.18 Å². The molecule has 0 saturated carbocycles. The van der Waals surface area contributed by atoms with Crippen molar-refractivity contribution in [1.29, 1.82) is 0 Å². The summed E-state index contributed by atoms with van der Waals surface area (Å²) >= 11 is 1.37. The highest BCUT2D eigenvalue weighted by atomic mass is 32.1. The number of fused-ring (bicyclic) bond motifs is 1. The van der Waals surface area contributed by atoms with E-state index < -0.39 is 0 Å². The van der Waals surface area contributed by atoms with Gasteiger partial charge in [0, 0.05) is 18.8 Å². The lowest BCUT2D eigenvalue weighted by molar-refractivity contribution is 0.103. The third-order valence-electron chi connectivity index (χ3n) is 4.92. The fraction of sp³-hybridized carbons (Fsp3) is 0.350. The molecule has 27 heavy (non-hydrogen) atoms. The van der Waals surface area contributed by atoms with Crippen LogP contribution in [0.2, 0.25) is 0 Å². The van der Waals surface area contributed by atoms with Crippen LogP contribution >= 0.6 is 11.3 Å². The number of hydrogen-bond donors (Lipinski definition) is 1. The highest BCUT2D eigenvalue weighted by molar-refractivity contribution is 7.20. The number of thiophene rings is 1. The molecule has 0 bridgehead atoms. The molecule has 1 aliphatic rings. The van der Waals surface area contributed by atoms with Gasteiger partial charge in [-0.2, -0.15) is 0 Å². The molecule has 1 amide bonds. The number of rotatable bonds is 3. The monoisotopic (exact) mass is 384 g/mol. The number of carbonyl (C=O) groups excluding carboxylic acids is 1. The molecule has 7 heteroatoms. The molecule has 5 nitrogen and oxygen atoms in total. The Hall–Kier alpha value is -2.54. The van der Waals surface area contributed by atoms with Gasteiger partial charge in [-0.15, -0.1) is 11.3 Å². The Balaban J connectivity index is 1.68. The lowest BCUT2D eigenvalue weighted by Gasteiger charge is -2.22. The maximum atomic E-state index is 13.1. The molecule has 0 spiro atoms. The van der Waals surface area contributed by atoms with E-state index in [1.165, 1.54) is 36.3 Å². The lowest BCUT2D eigenvalue weighted by atomic mass is 10.2. The summed E-state index contributed by atoms with van der Waals surface area (Å²) in [5.74, 6) is 0.392. The minimum Gasteiger partial charge on any atom is -0.356 e. The minimum absolute atomic E-state index is 0.205. The highest BCUT2D eigenvalue weighted by Crippen LogP contribution is 2.36. The molecule has 3 aromatic rings. The lowest BCUT2D eigenvalue weighted by Crippen LogP contribution is -2.25. The number of halogens is 1. The van der Waals surface area contributed by atoms with Crippen LogP contribution in [0.5, 0.6) is 0 Å². The Bertz CT molecular complexity index is 962. The zero-order valence-electron chi connectivity index (χ0n) is 15.2. The van der Waals surface area contributed by atoms with Crippen LogP contribution in [0, 0.1) is 12.7 Å². The summed E-state index contributed by atoms with van der Waals surface area (Å²) in [6.07, 6.45) is 6.40. The van der Waals surface area contributed by atoms with Gasteiger partial charge in [0.15, 0.2) is 0 Å². The zero-order chi connectivity index (χ0) is 18.8. The van der Waals surface area contributed by atoms with E-state index in [1.54, 1.807) is 18.5 Å². The quantitative estimate of drug-likeness (QED) is 0.707. The van der Waals surface area contributed by atoms with Crippen molar-refractivity contribution in [3.05, 3.63) is 46.9 Å². The van der Waals surface area contributed by atoms with Gasteiger partial charge in [0.2, 0.25) is 0 Å². The predicted molar refractivity (Wildman–Crippen MR) is 107 cm³/mol. The molecule has 1 saturated heterocycles. The number of aryl methyl sites for hydroxylation is 1. The highest BCUT2D eigenvalue weighted by Gasteiger charge is 2.22. The number of amides is 1. The third kappa shape index (κ3) is 3.64. The molecule has 3 heterocycles. The van der Waals surface area contributed by atoms with Crippen LogP contribution in [0.15, 0.2) is 30.6 Å². The summed E-state index contributed by atoms with van der Waals surface area (Å²) in [7, 11) is 0. The standard InChI is InChI=1S/C20H21FN4OS/c1-13-16-18(25-10-4-2-3-5-11-25)22-12-23-20(16)27-17(13)19(26)24-15-8-6-14(21)7-9-15/h6-9,12H,2-5,10-11H2,1H3,(H,24,26). The summed E-state index contributed by atoms with van der Waals surface area (Å²) in [5.41, 5.74) is 1.46. The molecule has 0 aliphatic carbocycles. The van der Waals surface area contributed by atoms with Crippen LogP contribution in [0.1, 0.15) is 40.9 Å². The summed E-state index contributed by atoms with van der Waals surface area (Å²) in [5, 5.41) is 3.81. The van der Waals surface area contributed by atoms with Gasteiger partial charge in [-0.1, -0.05) is 12.8 Å². The Morgan fingerprint density at radius 1 is 1.11 bits per heavy atom. The average molecular weight is 384 g/mol. The number of hydrogen-bond acceptors (Lipinski definition) is 5. The molecule has 1 N–H and O–H groups in total. The van der Waals surface area contributed by atoms with Crippen molar-refractivity contribution in [3.63, 3.8) is 0 Å². The summed E-state index contributed by atoms with van der Waals surface area (Å²) in [4.78, 5) is 25.5. The maximum Gasteiger partial charge on any atom is 0.266 e. The van der Waals surface area contributed by atoms with Crippen LogP contribution in [0.25, 0.3) is 10.2 Å². The molecule has 1 aromatic carbocycles. The molecule has 1 fully saturated rings. The number of nitrogens with zero attached hydrogens (tertiary/aromatic N) is 3. The molecule has 2 aromatic heterocycles. The smallest absolute Gasteiger partial charge is 0.266 e. The van der Waals surface area contributed by atoms with E-state index in [0.717, 1.165) is 47.5 Å². The number of aromatic nitrogens is 2. The fourth-order valence-corrected chi connectivity index (χ4v) is 4.55. The summed E-state index contributed by atoms with van der Waals surface area (Å²) < 4.78 is 13.1. The van der Waals surface area contributed by atoms with Gasteiger partial charge >= 0.3 is 0 Å². The van der Waals surface area contributed by atoms with E-state index in [4.69, 9.17) is 0 Å². The molecule has 1 aliphatic heterocycles. The third-order valence-corrected chi connectivity index (χ3v) is 6.12. The van der Waals surface area contributed by atoms with E-state index in [0.29, 0.717) is 10.6 Å². The Kier molecular flexibility index (Phi) is 5.03. The van der Waals surface area contributed by atoms with Gasteiger partial charge in [0.05, 0.1) is 10.3 Å². The van der Waals surface area contributed by atoms with E-state index >= 15 is 0 Å². The molecule has 0 radical (unpaired) electrons. The second-order valence-corrected chi connectivity index (χ2v) is 7.79. The molecule has 140 valence electrons. The Morgan fingerprint density at radius 2 is 1.81 bits per heavy atom. The van der Waals surface area contributed by atoms with Crippen LogP contribution < -0.4 is 10.2 Å². The van der Waals surface area contributed by atoms with Gasteiger partial charge < -0.3 is 10.2 Å². The zero-order valence-corrected chi connectivity index (χ0v) is 16.0. The Morgan fingerprint density at radius 3 is 2.52 bits per heavy atom. The topological polar surface area (TPSA) is 58.1 Å². The van der Waals surface area contributed by atoms with Crippen LogP contribution in [0.3, 0.4) is 0 Å². The van der Waals surface area contributed by atoms with Gasteiger partial charge in [0.25, 0.3) is 5.91 Å². The molecule has 0 unspecified atom stereocenters. The van der Waals surface area contributed by atoms with E-state index in [-0.39, 0.29) is 11.7 Å². The van der Waals surface area contributed by atoms with Gasteiger partial charge in [-0.05, 0) is 49.6 Å². The maximum absolute atomic E-state index is 13.1. The first-order chi connectivity index (χ1) is 13.1. The first kappa shape index (κ1) is 17.9. The molecular formula is C20H21FN4OS. The average Bonchev–Trinajstić information content (AvgIpc) is 2.85. The number of benzene rings is 1. The van der Waals surface area contributed by atoms with Gasteiger partial charge in [-0.3, -0.25) is 4.79 Å². The first-order valence-corrected chi connectivity index (χ1v) is 10.0. The molecule has 4 rings (SSSR count). The van der Waals surface area contributed by atoms with Crippen LogP contribution in [0.4, 0.5) is 15.9 Å². The number of nitrogens with one attached hydrogen (secondary N) is 1. The Labute approximate surface area is 161 Å². The van der Waals surface area contributed by atoms with Crippen LogP contribution in [-0.2, 0) is 0 Å². The van der Waals surface area contributed by atoms with E-state index in [2.05, 4.69) is 20.2 Å². The second-order valence-electron chi connectivity index (χ2n) is 6.80. The second kappa shape index (κ2) is 7.60. The minimum atomic E-state index is -0.330. The van der Waals surface area contributed by atoms with Crippen molar-refractivity contribution < 1.29 is 9.18 Å². The van der Waals surface area contributed by atoms with Crippen LogP contribution in [-0.4, -0.2) is 29.0 Å². The fourth-order valence-electron chi connectivity index (χ4n) is 3.51. The number of carbonyl (C=O) groups is 1. The summed E-state index contributed by atoms with van der Waals surface area (Å²) in [6, 6.07) is 5.77. The van der Waals surface area contributed by atoms with Crippen molar-refractivity contribution in [2.75, 3.05) is 23.3 Å². The SMILES string of the molecule is Cc1c(C(=O)Nc2ccc(F)cc2)sc2ncnc(N3CCCCCC3)c12. The molecular weight excluding hydrogens is 363 g/mol. The number of anilines is 2. The summed E-state index contributed by atoms with van der Waals surface area (Å²) in [6.45, 7) is 3.92. The molecule has 0 atom stereocenters. The van der Waals surface area contributed by atoms with Crippen molar-refractivity contribution >= 4 is 39.0 Å². The normalized spacial score (nSPS) is 15.0. The first-order valence-electron chi connectivity index (χ1n) is 9.19. The van der Waals surface area contributed by atoms with Crippen molar-refractivity contribution in [2.45, 2.75) is 32.6 Å².